The molecule has 0 aliphatic heterocycles. The highest BCUT2D eigenvalue weighted by Crippen LogP contribution is 2.32. The maximum Gasteiger partial charge on any atom is 0.419 e. The lowest BCUT2D eigenvalue weighted by Gasteiger charge is -2.22. The van der Waals surface area contributed by atoms with Crippen LogP contribution in [-0.4, -0.2) is 17.8 Å². The van der Waals surface area contributed by atoms with Gasteiger partial charge in [-0.15, -0.1) is 0 Å². The van der Waals surface area contributed by atoms with E-state index in [9.17, 15) is 22.4 Å². The van der Waals surface area contributed by atoms with E-state index in [-0.39, 0.29) is 12.0 Å². The Kier molecular flexibility index (Phi) is 5.18. The van der Waals surface area contributed by atoms with Crippen LogP contribution in [0.5, 0.6) is 0 Å². The highest BCUT2D eigenvalue weighted by atomic mass is 79.9. The number of benzene rings is 1. The molecular weight excluding hydrogens is 342 g/mol. The van der Waals surface area contributed by atoms with Crippen LogP contribution in [0.2, 0.25) is 0 Å². The maximum atomic E-state index is 13.7. The molecule has 7 heteroatoms. The molecule has 1 aromatic carbocycles. The SMILES string of the molecule is CC(C)(CBr)CNC(=O)c1cccc(C(F)(F)F)c1F. The van der Waals surface area contributed by atoms with Gasteiger partial charge in [0, 0.05) is 11.9 Å². The number of nitrogens with one attached hydrogen (secondary N) is 1. The first-order valence-electron chi connectivity index (χ1n) is 5.78. The van der Waals surface area contributed by atoms with Crippen molar-refractivity contribution in [2.75, 3.05) is 11.9 Å². The third-order valence-electron chi connectivity index (χ3n) is 2.64. The third-order valence-corrected chi connectivity index (χ3v) is 4.16. The van der Waals surface area contributed by atoms with E-state index < -0.39 is 29.0 Å². The van der Waals surface area contributed by atoms with Crippen LogP contribution in [0.1, 0.15) is 29.8 Å². The third kappa shape index (κ3) is 4.19. The highest BCUT2D eigenvalue weighted by Gasteiger charge is 2.35. The van der Waals surface area contributed by atoms with E-state index in [0.717, 1.165) is 12.1 Å². The zero-order valence-electron chi connectivity index (χ0n) is 10.9. The molecule has 0 heterocycles. The molecule has 1 amide bonds. The molecule has 20 heavy (non-hydrogen) atoms. The van der Waals surface area contributed by atoms with E-state index in [1.807, 2.05) is 13.8 Å². The fourth-order valence-corrected chi connectivity index (χ4v) is 1.59. The summed E-state index contributed by atoms with van der Waals surface area (Å²) >= 11 is 3.26. The van der Waals surface area contributed by atoms with Crippen molar-refractivity contribution in [1.29, 1.82) is 0 Å². The van der Waals surface area contributed by atoms with Gasteiger partial charge in [0.15, 0.2) is 0 Å². The summed E-state index contributed by atoms with van der Waals surface area (Å²) in [6.45, 7) is 3.92. The number of hydrogen-bond acceptors (Lipinski definition) is 1. The van der Waals surface area contributed by atoms with Gasteiger partial charge < -0.3 is 5.32 Å². The summed E-state index contributed by atoms with van der Waals surface area (Å²) in [6, 6.07) is 2.64. The first-order chi connectivity index (χ1) is 9.08. The van der Waals surface area contributed by atoms with Crippen molar-refractivity contribution in [1.82, 2.24) is 5.32 Å². The van der Waals surface area contributed by atoms with E-state index in [1.54, 1.807) is 0 Å². The molecule has 1 rings (SSSR count). The minimum Gasteiger partial charge on any atom is -0.351 e. The van der Waals surface area contributed by atoms with Gasteiger partial charge >= 0.3 is 6.18 Å². The summed E-state index contributed by atoms with van der Waals surface area (Å²) in [5.41, 5.74) is -2.33. The minimum atomic E-state index is -4.82. The van der Waals surface area contributed by atoms with Gasteiger partial charge in [0.2, 0.25) is 0 Å². The minimum absolute atomic E-state index is 0.215. The van der Waals surface area contributed by atoms with Gasteiger partial charge in [0.25, 0.3) is 5.91 Å². The Balaban J connectivity index is 2.95. The highest BCUT2D eigenvalue weighted by molar-refractivity contribution is 9.09. The Hall–Kier alpha value is -1.11. The van der Waals surface area contributed by atoms with Crippen molar-refractivity contribution in [3.8, 4) is 0 Å². The van der Waals surface area contributed by atoms with Gasteiger partial charge in [-0.3, -0.25) is 4.79 Å². The van der Waals surface area contributed by atoms with Gasteiger partial charge in [0.1, 0.15) is 5.82 Å². The molecule has 0 bridgehead atoms. The molecule has 0 radical (unpaired) electrons. The van der Waals surface area contributed by atoms with Crippen LogP contribution < -0.4 is 5.32 Å². The van der Waals surface area contributed by atoms with Crippen molar-refractivity contribution in [3.05, 3.63) is 35.1 Å². The zero-order chi connectivity index (χ0) is 15.6. The molecule has 0 atom stereocenters. The molecule has 0 aliphatic carbocycles. The molecule has 1 N–H and O–H groups in total. The van der Waals surface area contributed by atoms with Crippen molar-refractivity contribution < 1.29 is 22.4 Å². The van der Waals surface area contributed by atoms with Crippen molar-refractivity contribution in [2.24, 2.45) is 5.41 Å². The zero-order valence-corrected chi connectivity index (χ0v) is 12.5. The van der Waals surface area contributed by atoms with E-state index in [4.69, 9.17) is 0 Å². The van der Waals surface area contributed by atoms with Crippen LogP contribution in [0.25, 0.3) is 0 Å². The summed E-state index contributed by atoms with van der Waals surface area (Å²) in [7, 11) is 0. The summed E-state index contributed by atoms with van der Waals surface area (Å²) in [5.74, 6) is -2.41. The lowest BCUT2D eigenvalue weighted by atomic mass is 9.96. The van der Waals surface area contributed by atoms with Crippen LogP contribution in [0, 0.1) is 11.2 Å². The quantitative estimate of drug-likeness (QED) is 0.641. The number of alkyl halides is 4. The van der Waals surface area contributed by atoms with Gasteiger partial charge in [-0.05, 0) is 17.5 Å². The topological polar surface area (TPSA) is 29.1 Å². The van der Waals surface area contributed by atoms with Crippen molar-refractivity contribution in [3.63, 3.8) is 0 Å². The number of amides is 1. The average Bonchev–Trinajstić information content (AvgIpc) is 2.35. The Morgan fingerprint density at radius 1 is 1.30 bits per heavy atom. The second-order valence-corrected chi connectivity index (χ2v) is 5.71. The van der Waals surface area contributed by atoms with Crippen LogP contribution >= 0.6 is 15.9 Å². The fourth-order valence-electron chi connectivity index (χ4n) is 1.39. The monoisotopic (exact) mass is 355 g/mol. The van der Waals surface area contributed by atoms with Gasteiger partial charge in [-0.25, -0.2) is 4.39 Å². The molecule has 1 aromatic rings. The number of hydrogen-bond donors (Lipinski definition) is 1. The second kappa shape index (κ2) is 6.11. The number of halogens is 5. The van der Waals surface area contributed by atoms with Gasteiger partial charge in [0.05, 0.1) is 11.1 Å². The average molecular weight is 356 g/mol. The maximum absolute atomic E-state index is 13.7. The van der Waals surface area contributed by atoms with Crippen LogP contribution in [0.4, 0.5) is 17.6 Å². The first kappa shape index (κ1) is 16.9. The fraction of sp³-hybridized carbons (Fsp3) is 0.462. The molecule has 0 aromatic heterocycles. The van der Waals surface area contributed by atoms with Crippen molar-refractivity contribution in [2.45, 2.75) is 20.0 Å². The van der Waals surface area contributed by atoms with Gasteiger partial charge in [-0.1, -0.05) is 35.8 Å². The molecule has 0 aliphatic rings. The lowest BCUT2D eigenvalue weighted by Crippen LogP contribution is -2.35. The Labute approximate surface area is 122 Å². The predicted molar refractivity (Wildman–Crippen MR) is 71.3 cm³/mol. The Bertz CT molecular complexity index is 500. The van der Waals surface area contributed by atoms with E-state index in [0.29, 0.717) is 11.4 Å². The predicted octanol–water partition coefficient (Wildman–Crippen LogP) is 4.00. The van der Waals surface area contributed by atoms with E-state index in [2.05, 4.69) is 21.2 Å². The van der Waals surface area contributed by atoms with Crippen LogP contribution in [0.3, 0.4) is 0 Å². The Morgan fingerprint density at radius 2 is 1.90 bits per heavy atom. The largest absolute Gasteiger partial charge is 0.419 e. The van der Waals surface area contributed by atoms with Crippen LogP contribution in [0.15, 0.2) is 18.2 Å². The molecule has 0 saturated carbocycles. The summed E-state index contributed by atoms with van der Waals surface area (Å²) < 4.78 is 51.4. The normalized spacial score (nSPS) is 12.3. The standard InChI is InChI=1S/C13H14BrF4NO/c1-12(2,6-14)7-19-11(20)8-4-3-5-9(10(8)15)13(16,17)18/h3-5H,6-7H2,1-2H3,(H,19,20). The lowest BCUT2D eigenvalue weighted by molar-refractivity contribution is -0.140. The second-order valence-electron chi connectivity index (χ2n) is 5.15. The first-order valence-corrected chi connectivity index (χ1v) is 6.90. The molecular formula is C13H14BrF4NO. The number of rotatable bonds is 4. The smallest absolute Gasteiger partial charge is 0.351 e. The molecule has 0 saturated heterocycles. The number of carbonyl (C=O) groups excluding carboxylic acids is 1. The number of carbonyl (C=O) groups is 1. The molecule has 0 spiro atoms. The summed E-state index contributed by atoms with van der Waals surface area (Å²) in [4.78, 5) is 11.8. The molecule has 112 valence electrons. The molecule has 0 unspecified atom stereocenters. The molecule has 2 nitrogen and oxygen atoms in total. The van der Waals surface area contributed by atoms with Crippen LogP contribution in [-0.2, 0) is 6.18 Å². The van der Waals surface area contributed by atoms with E-state index in [1.165, 1.54) is 0 Å². The van der Waals surface area contributed by atoms with Crippen molar-refractivity contribution >= 4 is 21.8 Å². The Morgan fingerprint density at radius 3 is 2.40 bits per heavy atom. The summed E-state index contributed by atoms with van der Waals surface area (Å²) in [6.07, 6.45) is -4.82. The van der Waals surface area contributed by atoms with E-state index >= 15 is 0 Å². The van der Waals surface area contributed by atoms with Gasteiger partial charge in [-0.2, -0.15) is 13.2 Å². The molecule has 0 fully saturated rings. The summed E-state index contributed by atoms with van der Waals surface area (Å²) in [5, 5.41) is 3.02.